The predicted octanol–water partition coefficient (Wildman–Crippen LogP) is 4.39. The van der Waals surface area contributed by atoms with Gasteiger partial charge in [-0.1, -0.05) is 42.1 Å². The minimum Gasteiger partial charge on any atom is -0.508 e. The lowest BCUT2D eigenvalue weighted by Crippen LogP contribution is -2.10. The van der Waals surface area contributed by atoms with E-state index >= 15 is 0 Å². The Morgan fingerprint density at radius 2 is 1.89 bits per heavy atom. The van der Waals surface area contributed by atoms with Gasteiger partial charge in [-0.25, -0.2) is 14.8 Å². The average molecular weight is 381 g/mol. The number of carbonyl (C=O) groups is 1. The van der Waals surface area contributed by atoms with Gasteiger partial charge in [0.25, 0.3) is 0 Å². The highest BCUT2D eigenvalue weighted by Gasteiger charge is 2.16. The number of esters is 1. The molecule has 3 rings (SSSR count). The monoisotopic (exact) mass is 381 g/mol. The van der Waals surface area contributed by atoms with Crippen LogP contribution in [0.4, 0.5) is 11.5 Å². The summed E-state index contributed by atoms with van der Waals surface area (Å²) in [4.78, 5) is 21.0. The molecule has 0 amide bonds. The molecule has 0 aliphatic carbocycles. The Labute approximate surface area is 161 Å². The number of ether oxygens (including phenoxy) is 1. The van der Waals surface area contributed by atoms with E-state index in [1.807, 2.05) is 30.3 Å². The molecule has 1 aromatic heterocycles. The molecule has 2 aromatic carbocycles. The molecule has 0 fully saturated rings. The third-order valence-electron chi connectivity index (χ3n) is 3.60. The number of thioether (sulfide) groups is 1. The van der Waals surface area contributed by atoms with Crippen molar-refractivity contribution < 1.29 is 14.6 Å². The van der Waals surface area contributed by atoms with Crippen LogP contribution in [0.2, 0.25) is 0 Å². The first-order valence-electron chi connectivity index (χ1n) is 8.42. The lowest BCUT2D eigenvalue weighted by Gasteiger charge is -2.11. The number of aromatic hydroxyl groups is 1. The molecule has 0 aliphatic heterocycles. The van der Waals surface area contributed by atoms with Gasteiger partial charge in [-0.15, -0.1) is 0 Å². The Kier molecular flexibility index (Phi) is 6.27. The van der Waals surface area contributed by atoms with Crippen molar-refractivity contribution in [1.82, 2.24) is 9.97 Å². The molecule has 0 aliphatic rings. The number of phenolic OH excluding ortho intramolecular Hbond substituents is 1. The van der Waals surface area contributed by atoms with Gasteiger partial charge in [0, 0.05) is 17.6 Å². The molecule has 0 bridgehead atoms. The molecule has 1 heterocycles. The Morgan fingerprint density at radius 1 is 1.15 bits per heavy atom. The second kappa shape index (κ2) is 9.05. The van der Waals surface area contributed by atoms with E-state index in [0.717, 1.165) is 11.3 Å². The summed E-state index contributed by atoms with van der Waals surface area (Å²) < 4.78 is 5.09. The van der Waals surface area contributed by atoms with E-state index in [2.05, 4.69) is 15.3 Å². The van der Waals surface area contributed by atoms with E-state index in [-0.39, 0.29) is 17.9 Å². The van der Waals surface area contributed by atoms with Gasteiger partial charge >= 0.3 is 5.97 Å². The summed E-state index contributed by atoms with van der Waals surface area (Å²) in [6.45, 7) is 2.01. The largest absolute Gasteiger partial charge is 0.508 e. The molecule has 138 valence electrons. The maximum absolute atomic E-state index is 12.2. The minimum atomic E-state index is -0.488. The number of nitrogens with zero attached hydrogens (tertiary/aromatic N) is 2. The molecule has 0 spiro atoms. The van der Waals surface area contributed by atoms with Gasteiger partial charge in [-0.3, -0.25) is 0 Å². The Morgan fingerprint density at radius 3 is 2.59 bits per heavy atom. The topological polar surface area (TPSA) is 84.3 Å². The first-order valence-corrected chi connectivity index (χ1v) is 9.41. The molecule has 0 atom stereocenters. The van der Waals surface area contributed by atoms with Crippen molar-refractivity contribution in [3.63, 3.8) is 0 Å². The smallest absolute Gasteiger partial charge is 0.343 e. The minimum absolute atomic E-state index is 0.160. The fourth-order valence-electron chi connectivity index (χ4n) is 2.29. The third-order valence-corrected chi connectivity index (χ3v) is 4.54. The number of carbonyl (C=O) groups excluding carboxylic acids is 1. The van der Waals surface area contributed by atoms with E-state index in [1.54, 1.807) is 31.2 Å². The SMILES string of the molecule is CCOC(=O)c1cnc(SCc2ccccc2)nc1Nc1ccc(O)cc1. The van der Waals surface area contributed by atoms with Crippen LogP contribution in [0.25, 0.3) is 0 Å². The molecule has 3 aromatic rings. The highest BCUT2D eigenvalue weighted by atomic mass is 32.2. The number of anilines is 2. The van der Waals surface area contributed by atoms with Gasteiger partial charge in [0.05, 0.1) is 6.61 Å². The molecule has 6 nitrogen and oxygen atoms in total. The Balaban J connectivity index is 1.83. The van der Waals surface area contributed by atoms with E-state index in [9.17, 15) is 9.90 Å². The normalized spacial score (nSPS) is 10.4. The predicted molar refractivity (Wildman–Crippen MR) is 105 cm³/mol. The number of hydrogen-bond donors (Lipinski definition) is 2. The molecule has 0 radical (unpaired) electrons. The zero-order chi connectivity index (χ0) is 19.1. The number of aromatic nitrogens is 2. The van der Waals surface area contributed by atoms with Gasteiger partial charge in [0.15, 0.2) is 5.16 Å². The van der Waals surface area contributed by atoms with Crippen LogP contribution in [0.1, 0.15) is 22.8 Å². The van der Waals surface area contributed by atoms with Crippen LogP contribution in [-0.4, -0.2) is 27.7 Å². The second-order valence-corrected chi connectivity index (χ2v) is 6.52. The van der Waals surface area contributed by atoms with Gasteiger partial charge in [0.1, 0.15) is 17.1 Å². The zero-order valence-corrected chi connectivity index (χ0v) is 15.6. The fourth-order valence-corrected chi connectivity index (χ4v) is 3.06. The molecule has 27 heavy (non-hydrogen) atoms. The first kappa shape index (κ1) is 18.7. The number of nitrogens with one attached hydrogen (secondary N) is 1. The van der Waals surface area contributed by atoms with Crippen molar-refractivity contribution in [3.8, 4) is 5.75 Å². The van der Waals surface area contributed by atoms with Gasteiger partial charge in [0.2, 0.25) is 0 Å². The molecule has 0 saturated heterocycles. The second-order valence-electron chi connectivity index (χ2n) is 5.58. The summed E-state index contributed by atoms with van der Waals surface area (Å²) in [6.07, 6.45) is 1.47. The number of hydrogen-bond acceptors (Lipinski definition) is 7. The zero-order valence-electron chi connectivity index (χ0n) is 14.8. The van der Waals surface area contributed by atoms with E-state index in [0.29, 0.717) is 16.7 Å². The van der Waals surface area contributed by atoms with Gasteiger partial charge in [-0.2, -0.15) is 0 Å². The van der Waals surface area contributed by atoms with E-state index in [1.165, 1.54) is 18.0 Å². The van der Waals surface area contributed by atoms with Crippen LogP contribution in [-0.2, 0) is 10.5 Å². The lowest BCUT2D eigenvalue weighted by molar-refractivity contribution is 0.0526. The highest BCUT2D eigenvalue weighted by Crippen LogP contribution is 2.25. The molecular weight excluding hydrogens is 362 g/mol. The lowest BCUT2D eigenvalue weighted by atomic mass is 10.2. The highest BCUT2D eigenvalue weighted by molar-refractivity contribution is 7.98. The van der Waals surface area contributed by atoms with Crippen molar-refractivity contribution in [1.29, 1.82) is 0 Å². The molecule has 7 heteroatoms. The average Bonchev–Trinajstić information content (AvgIpc) is 2.69. The third kappa shape index (κ3) is 5.21. The first-order chi connectivity index (χ1) is 13.2. The maximum Gasteiger partial charge on any atom is 0.343 e. The molecule has 0 saturated carbocycles. The summed E-state index contributed by atoms with van der Waals surface area (Å²) in [5.74, 6) is 0.758. The van der Waals surface area contributed by atoms with Gasteiger partial charge in [-0.05, 0) is 36.8 Å². The summed E-state index contributed by atoms with van der Waals surface area (Å²) >= 11 is 1.48. The molecular formula is C20H19N3O3S. The standard InChI is InChI=1S/C20H19N3O3S/c1-2-26-19(25)17-12-21-20(27-13-14-6-4-3-5-7-14)23-18(17)22-15-8-10-16(24)11-9-15/h3-12,24H,2,13H2,1H3,(H,21,22,23). The Hall–Kier alpha value is -3.06. The number of phenols is 1. The maximum atomic E-state index is 12.2. The van der Waals surface area contributed by atoms with Crippen LogP contribution in [0.3, 0.4) is 0 Å². The quantitative estimate of drug-likeness (QED) is 0.272. The van der Waals surface area contributed by atoms with Crippen LogP contribution >= 0.6 is 11.8 Å². The molecule has 0 unspecified atom stereocenters. The van der Waals surface area contributed by atoms with Crippen molar-refractivity contribution in [2.75, 3.05) is 11.9 Å². The fraction of sp³-hybridized carbons (Fsp3) is 0.150. The van der Waals surface area contributed by atoms with Crippen LogP contribution in [0, 0.1) is 0 Å². The van der Waals surface area contributed by atoms with Crippen molar-refractivity contribution in [3.05, 3.63) is 71.9 Å². The number of rotatable bonds is 7. The van der Waals surface area contributed by atoms with Gasteiger partial charge < -0.3 is 15.2 Å². The summed E-state index contributed by atoms with van der Waals surface area (Å²) in [5.41, 5.74) is 2.11. The van der Waals surface area contributed by atoms with Crippen molar-refractivity contribution >= 4 is 29.2 Å². The number of benzene rings is 2. The molecule has 2 N–H and O–H groups in total. The van der Waals surface area contributed by atoms with Crippen LogP contribution < -0.4 is 5.32 Å². The van der Waals surface area contributed by atoms with E-state index < -0.39 is 5.97 Å². The Bertz CT molecular complexity index is 902. The van der Waals surface area contributed by atoms with E-state index in [4.69, 9.17) is 4.74 Å². The summed E-state index contributed by atoms with van der Waals surface area (Å²) in [6, 6.07) is 16.5. The van der Waals surface area contributed by atoms with Crippen LogP contribution in [0.5, 0.6) is 5.75 Å². The summed E-state index contributed by atoms with van der Waals surface area (Å²) in [5, 5.41) is 13.1. The van der Waals surface area contributed by atoms with Crippen LogP contribution in [0.15, 0.2) is 66.0 Å². The van der Waals surface area contributed by atoms with Crippen molar-refractivity contribution in [2.45, 2.75) is 17.8 Å². The summed E-state index contributed by atoms with van der Waals surface area (Å²) in [7, 11) is 0. The van der Waals surface area contributed by atoms with Crippen molar-refractivity contribution in [2.24, 2.45) is 0 Å².